The quantitative estimate of drug-likeness (QED) is 0.198. The standard InChI is InChI=1S/C34H54O10/c1-16(23-14-32(3)34(5,44-32)30(42-23)43-29-28(40)27(39)26(38)24(15-35)41-29)20-8-9-21-19-7-6-17-12-18(36)13-25(37)33(17,4)22(19)10-11-31(20,21)2/h6,16,18-30,35-40H,7-15H2,1-5H3. The van der Waals surface area contributed by atoms with Crippen molar-refractivity contribution in [3.63, 3.8) is 0 Å². The Morgan fingerprint density at radius 1 is 0.955 bits per heavy atom. The molecule has 0 spiro atoms. The lowest BCUT2D eigenvalue weighted by Gasteiger charge is -2.59. The fourth-order valence-corrected chi connectivity index (χ4v) is 11.3. The molecule has 3 heterocycles. The van der Waals surface area contributed by atoms with Crippen molar-refractivity contribution in [3.05, 3.63) is 11.6 Å². The maximum absolute atomic E-state index is 11.3. The Hall–Kier alpha value is -0.660. The number of aliphatic hydroxyl groups is 6. The van der Waals surface area contributed by atoms with E-state index in [9.17, 15) is 30.6 Å². The Labute approximate surface area is 260 Å². The molecule has 0 aromatic heterocycles. The Morgan fingerprint density at radius 3 is 2.43 bits per heavy atom. The molecule has 7 rings (SSSR count). The number of epoxide rings is 1. The average Bonchev–Trinajstić information content (AvgIpc) is 3.38. The van der Waals surface area contributed by atoms with E-state index in [1.165, 1.54) is 5.57 Å². The number of hydrogen-bond acceptors (Lipinski definition) is 10. The Balaban J connectivity index is 1.09. The molecule has 10 nitrogen and oxygen atoms in total. The van der Waals surface area contributed by atoms with Gasteiger partial charge in [-0.2, -0.15) is 0 Å². The summed E-state index contributed by atoms with van der Waals surface area (Å²) < 4.78 is 24.8. The van der Waals surface area contributed by atoms with E-state index in [0.29, 0.717) is 36.5 Å². The molecular formula is C34H54O10. The number of fused-ring (bicyclic) bond motifs is 6. The molecule has 18 unspecified atom stereocenters. The molecule has 3 saturated heterocycles. The first-order valence-corrected chi connectivity index (χ1v) is 17.0. The highest BCUT2D eigenvalue weighted by molar-refractivity contribution is 5.28. The first kappa shape index (κ1) is 31.9. The number of rotatable bonds is 5. The largest absolute Gasteiger partial charge is 0.394 e. The van der Waals surface area contributed by atoms with Crippen LogP contribution in [-0.2, 0) is 18.9 Å². The molecule has 10 heteroatoms. The van der Waals surface area contributed by atoms with E-state index < -0.39 is 67.0 Å². The van der Waals surface area contributed by atoms with Gasteiger partial charge in [-0.1, -0.05) is 32.4 Å². The van der Waals surface area contributed by atoms with Crippen molar-refractivity contribution in [1.29, 1.82) is 0 Å². The summed E-state index contributed by atoms with van der Waals surface area (Å²) in [5.41, 5.74) is -0.0710. The molecule has 3 aliphatic heterocycles. The minimum Gasteiger partial charge on any atom is -0.394 e. The number of ether oxygens (including phenoxy) is 4. The second-order valence-electron chi connectivity index (χ2n) is 16.3. The van der Waals surface area contributed by atoms with Gasteiger partial charge in [-0.05, 0) is 87.4 Å². The zero-order valence-corrected chi connectivity index (χ0v) is 26.8. The Bertz CT molecular complexity index is 1150. The predicted octanol–water partition coefficient (Wildman–Crippen LogP) is 2.01. The normalized spacial score (nSPS) is 59.1. The van der Waals surface area contributed by atoms with Gasteiger partial charge in [0.15, 0.2) is 12.6 Å². The van der Waals surface area contributed by atoms with Crippen LogP contribution < -0.4 is 0 Å². The van der Waals surface area contributed by atoms with Gasteiger partial charge in [0.05, 0.1) is 24.9 Å². The topological polar surface area (TPSA) is 162 Å². The second-order valence-corrected chi connectivity index (χ2v) is 16.3. The minimum atomic E-state index is -1.53. The van der Waals surface area contributed by atoms with Crippen molar-refractivity contribution < 1.29 is 49.6 Å². The smallest absolute Gasteiger partial charge is 0.192 e. The highest BCUT2D eigenvalue weighted by Gasteiger charge is 2.74. The summed E-state index contributed by atoms with van der Waals surface area (Å²) in [4.78, 5) is 0. The molecule has 0 aromatic rings. The van der Waals surface area contributed by atoms with Crippen LogP contribution in [0.5, 0.6) is 0 Å². The van der Waals surface area contributed by atoms with Crippen LogP contribution in [0.1, 0.15) is 86.0 Å². The van der Waals surface area contributed by atoms with Crippen molar-refractivity contribution in [2.75, 3.05) is 6.61 Å². The van der Waals surface area contributed by atoms with Crippen LogP contribution in [0.15, 0.2) is 11.6 Å². The first-order chi connectivity index (χ1) is 20.7. The molecule has 44 heavy (non-hydrogen) atoms. The molecule has 250 valence electrons. The highest BCUT2D eigenvalue weighted by Crippen LogP contribution is 2.68. The van der Waals surface area contributed by atoms with Crippen molar-refractivity contribution >= 4 is 0 Å². The molecule has 0 radical (unpaired) electrons. The van der Waals surface area contributed by atoms with Gasteiger partial charge in [-0.3, -0.25) is 0 Å². The summed E-state index contributed by atoms with van der Waals surface area (Å²) in [6.07, 6.45) is 0.899. The number of hydrogen-bond donors (Lipinski definition) is 6. The zero-order chi connectivity index (χ0) is 31.6. The van der Waals surface area contributed by atoms with Crippen molar-refractivity contribution in [2.45, 2.75) is 152 Å². The van der Waals surface area contributed by atoms with Crippen LogP contribution in [0.3, 0.4) is 0 Å². The van der Waals surface area contributed by atoms with Crippen molar-refractivity contribution in [2.24, 2.45) is 40.4 Å². The minimum absolute atomic E-state index is 0.143. The van der Waals surface area contributed by atoms with Gasteiger partial charge in [0.2, 0.25) is 0 Å². The third kappa shape index (κ3) is 4.42. The van der Waals surface area contributed by atoms with Crippen LogP contribution in [0.4, 0.5) is 0 Å². The Morgan fingerprint density at radius 2 is 1.70 bits per heavy atom. The molecule has 18 atom stereocenters. The fourth-order valence-electron chi connectivity index (χ4n) is 11.3. The summed E-state index contributed by atoms with van der Waals surface area (Å²) in [6, 6.07) is 0. The van der Waals surface area contributed by atoms with Gasteiger partial charge in [-0.25, -0.2) is 0 Å². The second kappa shape index (κ2) is 10.7. The van der Waals surface area contributed by atoms with Gasteiger partial charge in [0, 0.05) is 18.3 Å². The summed E-state index contributed by atoms with van der Waals surface area (Å²) in [5.74, 6) is 2.17. The molecule has 4 aliphatic carbocycles. The molecular weight excluding hydrogens is 568 g/mol. The summed E-state index contributed by atoms with van der Waals surface area (Å²) in [7, 11) is 0. The fraction of sp³-hybridized carbons (Fsp3) is 0.941. The first-order valence-electron chi connectivity index (χ1n) is 17.0. The molecule has 6 fully saturated rings. The molecule has 6 N–H and O–H groups in total. The monoisotopic (exact) mass is 622 g/mol. The van der Waals surface area contributed by atoms with Crippen molar-refractivity contribution in [1.82, 2.24) is 0 Å². The third-order valence-electron chi connectivity index (χ3n) is 14.4. The molecule has 7 aliphatic rings. The third-order valence-corrected chi connectivity index (χ3v) is 14.4. The van der Waals surface area contributed by atoms with Gasteiger partial charge in [0.25, 0.3) is 0 Å². The summed E-state index contributed by atoms with van der Waals surface area (Å²) in [6.45, 7) is 10.5. The van der Waals surface area contributed by atoms with Gasteiger partial charge in [0.1, 0.15) is 35.6 Å². The van der Waals surface area contributed by atoms with Crippen LogP contribution in [0.2, 0.25) is 0 Å². The number of allylic oxidation sites excluding steroid dienone is 1. The van der Waals surface area contributed by atoms with E-state index in [0.717, 1.165) is 38.5 Å². The SMILES string of the molecule is CC(C1CC2(C)OC2(C)C(OC2OC(CO)C(O)C(O)C2O)O1)C1CCC2C3CC=C4CC(O)CC(O)C4(C)C3CCC12C. The molecule has 0 aromatic carbocycles. The van der Waals surface area contributed by atoms with E-state index in [-0.39, 0.29) is 22.9 Å². The van der Waals surface area contributed by atoms with Crippen LogP contribution in [0.25, 0.3) is 0 Å². The average molecular weight is 623 g/mol. The summed E-state index contributed by atoms with van der Waals surface area (Å²) in [5, 5.41) is 62.5. The molecule has 3 saturated carbocycles. The number of aliphatic hydroxyl groups excluding tert-OH is 6. The lowest BCUT2D eigenvalue weighted by Crippen LogP contribution is -2.61. The van der Waals surface area contributed by atoms with Gasteiger partial charge >= 0.3 is 0 Å². The van der Waals surface area contributed by atoms with Crippen LogP contribution >= 0.6 is 0 Å². The van der Waals surface area contributed by atoms with Gasteiger partial charge < -0.3 is 49.6 Å². The van der Waals surface area contributed by atoms with E-state index in [4.69, 9.17) is 18.9 Å². The van der Waals surface area contributed by atoms with E-state index >= 15 is 0 Å². The van der Waals surface area contributed by atoms with E-state index in [1.54, 1.807) is 0 Å². The Kier molecular flexibility index (Phi) is 7.74. The lowest BCUT2D eigenvalue weighted by atomic mass is 9.46. The lowest BCUT2D eigenvalue weighted by molar-refractivity contribution is -0.355. The summed E-state index contributed by atoms with van der Waals surface area (Å²) >= 11 is 0. The highest BCUT2D eigenvalue weighted by atomic mass is 16.8. The molecule has 0 amide bonds. The van der Waals surface area contributed by atoms with Crippen LogP contribution in [-0.4, -0.2) is 104 Å². The van der Waals surface area contributed by atoms with Crippen molar-refractivity contribution in [3.8, 4) is 0 Å². The van der Waals surface area contributed by atoms with E-state index in [2.05, 4.69) is 33.8 Å². The predicted molar refractivity (Wildman–Crippen MR) is 158 cm³/mol. The zero-order valence-electron chi connectivity index (χ0n) is 26.8. The maximum atomic E-state index is 11.3. The van der Waals surface area contributed by atoms with Crippen LogP contribution in [0, 0.1) is 40.4 Å². The molecule has 0 bridgehead atoms. The van der Waals surface area contributed by atoms with Gasteiger partial charge in [-0.15, -0.1) is 0 Å². The maximum Gasteiger partial charge on any atom is 0.192 e. The van der Waals surface area contributed by atoms with E-state index in [1.807, 2.05) is 6.92 Å².